The van der Waals surface area contributed by atoms with E-state index in [1.807, 2.05) is 18.7 Å². The molecule has 0 aliphatic heterocycles. The zero-order chi connectivity index (χ0) is 22.4. The fourth-order valence-corrected chi connectivity index (χ4v) is 4.77. The molecule has 2 aromatic heterocycles. The van der Waals surface area contributed by atoms with E-state index in [1.165, 1.54) is 11.3 Å². The third-order valence-corrected chi connectivity index (χ3v) is 5.59. The third kappa shape index (κ3) is 6.10. The smallest absolute Gasteiger partial charge is 0.348 e. The van der Waals surface area contributed by atoms with Gasteiger partial charge >= 0.3 is 5.97 Å². The second-order valence-corrected chi connectivity index (χ2v) is 9.11. The minimum atomic E-state index is -0.631. The molecule has 0 aromatic carbocycles. The van der Waals surface area contributed by atoms with E-state index in [2.05, 4.69) is 23.8 Å². The zero-order valence-electron chi connectivity index (χ0n) is 18.7. The predicted octanol–water partition coefficient (Wildman–Crippen LogP) is 2.75. The van der Waals surface area contributed by atoms with Crippen LogP contribution < -0.4 is 5.56 Å². The first-order valence-corrected chi connectivity index (χ1v) is 11.1. The molecule has 0 unspecified atom stereocenters. The maximum Gasteiger partial charge on any atom is 0.348 e. The largest absolute Gasteiger partial charge is 0.462 e. The number of aliphatic hydroxyl groups is 1. The van der Waals surface area contributed by atoms with Crippen LogP contribution in [0.4, 0.5) is 0 Å². The van der Waals surface area contributed by atoms with Gasteiger partial charge in [-0.3, -0.25) is 9.69 Å². The van der Waals surface area contributed by atoms with Crippen molar-refractivity contribution < 1.29 is 19.4 Å². The van der Waals surface area contributed by atoms with E-state index < -0.39 is 12.1 Å². The molecule has 0 radical (unpaired) electrons. The Morgan fingerprint density at radius 2 is 1.97 bits per heavy atom. The van der Waals surface area contributed by atoms with Gasteiger partial charge in [-0.05, 0) is 24.3 Å². The minimum Gasteiger partial charge on any atom is -0.462 e. The lowest BCUT2D eigenvalue weighted by atomic mass is 10.0. The highest BCUT2D eigenvalue weighted by atomic mass is 32.1. The molecule has 0 spiro atoms. The molecule has 0 bridgehead atoms. The van der Waals surface area contributed by atoms with Crippen molar-refractivity contribution in [2.45, 2.75) is 53.2 Å². The van der Waals surface area contributed by atoms with Gasteiger partial charge in [-0.1, -0.05) is 27.7 Å². The van der Waals surface area contributed by atoms with Crippen molar-refractivity contribution in [1.29, 1.82) is 0 Å². The Labute approximate surface area is 181 Å². The van der Waals surface area contributed by atoms with Gasteiger partial charge in [0.25, 0.3) is 5.56 Å². The number of aliphatic hydroxyl groups excluding tert-OH is 1. The number of ether oxygens (including phenoxy) is 2. The molecule has 0 aliphatic carbocycles. The van der Waals surface area contributed by atoms with Crippen LogP contribution in [0, 0.1) is 5.92 Å². The Morgan fingerprint density at radius 1 is 1.27 bits per heavy atom. The van der Waals surface area contributed by atoms with Gasteiger partial charge in [0.1, 0.15) is 15.5 Å². The number of nitrogens with one attached hydrogen (secondary N) is 1. The number of aromatic amines is 1. The number of carbonyl (C=O) groups is 1. The Kier molecular flexibility index (Phi) is 8.96. The average molecular weight is 440 g/mol. The molecule has 9 heteroatoms. The summed E-state index contributed by atoms with van der Waals surface area (Å²) in [5.74, 6) is 0.437. The SMILES string of the molecule is CCOC(=O)c1sc2nc(CN(CC(C)C)C[C@@H](O)COC)[nH]c(=O)c2c1C(C)C. The van der Waals surface area contributed by atoms with Gasteiger partial charge in [-0.25, -0.2) is 9.78 Å². The number of H-pyrrole nitrogens is 1. The summed E-state index contributed by atoms with van der Waals surface area (Å²) in [5, 5.41) is 10.6. The molecule has 2 heterocycles. The summed E-state index contributed by atoms with van der Waals surface area (Å²) in [6.07, 6.45) is -0.631. The van der Waals surface area contributed by atoms with Crippen LogP contribution in [0.3, 0.4) is 0 Å². The molecule has 0 aliphatic rings. The van der Waals surface area contributed by atoms with Crippen LogP contribution >= 0.6 is 11.3 Å². The standard InChI is InChI=1S/C21H33N3O5S/c1-7-29-21(27)18-16(13(4)5)17-19(26)22-15(23-20(17)30-18)10-24(8-12(2)3)9-14(25)11-28-6/h12-14,25H,7-11H2,1-6H3,(H,22,23,26)/t14-/m1/s1. The summed E-state index contributed by atoms with van der Waals surface area (Å²) in [7, 11) is 1.55. The number of nitrogens with zero attached hydrogens (tertiary/aromatic N) is 2. The van der Waals surface area contributed by atoms with Crippen LogP contribution in [-0.4, -0.2) is 65.5 Å². The highest BCUT2D eigenvalue weighted by Gasteiger charge is 2.25. The average Bonchev–Trinajstić information content (AvgIpc) is 3.01. The third-order valence-electron chi connectivity index (χ3n) is 4.51. The number of hydrogen-bond donors (Lipinski definition) is 2. The Bertz CT molecular complexity index is 906. The van der Waals surface area contributed by atoms with Crippen molar-refractivity contribution in [3.63, 3.8) is 0 Å². The summed E-state index contributed by atoms with van der Waals surface area (Å²) in [4.78, 5) is 35.9. The number of rotatable bonds is 11. The van der Waals surface area contributed by atoms with E-state index in [9.17, 15) is 14.7 Å². The van der Waals surface area contributed by atoms with E-state index in [1.54, 1.807) is 14.0 Å². The van der Waals surface area contributed by atoms with E-state index in [-0.39, 0.29) is 24.7 Å². The zero-order valence-corrected chi connectivity index (χ0v) is 19.5. The summed E-state index contributed by atoms with van der Waals surface area (Å²) in [5.41, 5.74) is 0.427. The molecule has 1 atom stereocenters. The highest BCUT2D eigenvalue weighted by Crippen LogP contribution is 2.33. The maximum atomic E-state index is 12.9. The Morgan fingerprint density at radius 3 is 2.53 bits per heavy atom. The number of thiophene rings is 1. The quantitative estimate of drug-likeness (QED) is 0.519. The van der Waals surface area contributed by atoms with Crippen molar-refractivity contribution in [1.82, 2.24) is 14.9 Å². The van der Waals surface area contributed by atoms with Gasteiger partial charge in [0, 0.05) is 20.2 Å². The molecule has 0 fully saturated rings. The lowest BCUT2D eigenvalue weighted by Gasteiger charge is -2.26. The number of carbonyl (C=O) groups excluding carboxylic acids is 1. The van der Waals surface area contributed by atoms with Crippen molar-refractivity contribution in [3.05, 3.63) is 26.6 Å². The number of esters is 1. The number of aromatic nitrogens is 2. The summed E-state index contributed by atoms with van der Waals surface area (Å²) < 4.78 is 10.2. The molecule has 0 saturated heterocycles. The van der Waals surface area contributed by atoms with Gasteiger partial charge in [0.2, 0.25) is 0 Å². The Balaban J connectivity index is 2.43. The predicted molar refractivity (Wildman–Crippen MR) is 118 cm³/mol. The van der Waals surface area contributed by atoms with Crippen molar-refractivity contribution in [2.24, 2.45) is 5.92 Å². The molecule has 168 valence electrons. The monoisotopic (exact) mass is 439 g/mol. The molecule has 0 saturated carbocycles. The number of methoxy groups -OCH3 is 1. The number of fused-ring (bicyclic) bond motifs is 1. The number of hydrogen-bond acceptors (Lipinski definition) is 8. The minimum absolute atomic E-state index is 0.0199. The molecule has 8 nitrogen and oxygen atoms in total. The molecule has 2 N–H and O–H groups in total. The fraction of sp³-hybridized carbons (Fsp3) is 0.667. The fourth-order valence-electron chi connectivity index (χ4n) is 3.52. The van der Waals surface area contributed by atoms with Crippen LogP contribution in [0.25, 0.3) is 10.2 Å². The maximum absolute atomic E-state index is 12.9. The van der Waals surface area contributed by atoms with Crippen molar-refractivity contribution >= 4 is 27.5 Å². The summed E-state index contributed by atoms with van der Waals surface area (Å²) in [6, 6.07) is 0. The first-order chi connectivity index (χ1) is 14.2. The molecular weight excluding hydrogens is 406 g/mol. The topological polar surface area (TPSA) is 105 Å². The second-order valence-electron chi connectivity index (χ2n) is 8.11. The van der Waals surface area contributed by atoms with E-state index >= 15 is 0 Å². The van der Waals surface area contributed by atoms with Crippen LogP contribution in [0.5, 0.6) is 0 Å². The summed E-state index contributed by atoms with van der Waals surface area (Å²) in [6.45, 7) is 11.9. The lowest BCUT2D eigenvalue weighted by molar-refractivity contribution is 0.0325. The lowest BCUT2D eigenvalue weighted by Crippen LogP contribution is -2.37. The van der Waals surface area contributed by atoms with Crippen molar-refractivity contribution in [2.75, 3.05) is 33.4 Å². The molecule has 30 heavy (non-hydrogen) atoms. The summed E-state index contributed by atoms with van der Waals surface area (Å²) >= 11 is 1.20. The van der Waals surface area contributed by atoms with Gasteiger partial charge in [-0.15, -0.1) is 11.3 Å². The van der Waals surface area contributed by atoms with Crippen molar-refractivity contribution in [3.8, 4) is 0 Å². The first-order valence-electron chi connectivity index (χ1n) is 10.3. The highest BCUT2D eigenvalue weighted by molar-refractivity contribution is 7.20. The van der Waals surface area contributed by atoms with Crippen LogP contribution in [0.2, 0.25) is 0 Å². The van der Waals surface area contributed by atoms with Gasteiger partial charge in [0.15, 0.2) is 0 Å². The normalized spacial score (nSPS) is 13.0. The van der Waals surface area contributed by atoms with E-state index in [0.29, 0.717) is 45.5 Å². The second kappa shape index (κ2) is 11.0. The van der Waals surface area contributed by atoms with Gasteiger partial charge in [0.05, 0.1) is 31.2 Å². The molecule has 2 rings (SSSR count). The molecular formula is C21H33N3O5S. The molecule has 2 aromatic rings. The van der Waals surface area contributed by atoms with Crippen LogP contribution in [-0.2, 0) is 16.0 Å². The van der Waals surface area contributed by atoms with Crippen LogP contribution in [0.1, 0.15) is 61.6 Å². The Hall–Kier alpha value is -1.81. The van der Waals surface area contributed by atoms with E-state index in [4.69, 9.17) is 9.47 Å². The van der Waals surface area contributed by atoms with Gasteiger partial charge < -0.3 is 19.6 Å². The van der Waals surface area contributed by atoms with Gasteiger partial charge in [-0.2, -0.15) is 0 Å². The van der Waals surface area contributed by atoms with E-state index in [0.717, 1.165) is 6.54 Å². The van der Waals surface area contributed by atoms with Crippen LogP contribution in [0.15, 0.2) is 4.79 Å². The first kappa shape index (κ1) is 24.5. The molecule has 0 amide bonds.